The largest absolute Gasteiger partial charge is 0.351 e. The van der Waals surface area contributed by atoms with Gasteiger partial charge in [-0.15, -0.1) is 0 Å². The fraction of sp³-hybridized carbons (Fsp3) is 0.562. The molecule has 1 saturated heterocycles. The molecule has 1 heterocycles. The van der Waals surface area contributed by atoms with E-state index in [0.717, 1.165) is 10.9 Å². The standard InChI is InChI=1S/C16H20BrFN2O/c17-12-5-6-13(18)11(7-12)9-19-16(21)15-8-10-3-1-2-4-14(10)20-15/h5-7,10,14-15,20H,1-4,8-9H2,(H,19,21). The van der Waals surface area contributed by atoms with E-state index >= 15 is 0 Å². The Morgan fingerprint density at radius 1 is 1.38 bits per heavy atom. The molecule has 3 nitrogen and oxygen atoms in total. The summed E-state index contributed by atoms with van der Waals surface area (Å²) in [5, 5.41) is 6.30. The van der Waals surface area contributed by atoms with Crippen LogP contribution in [-0.4, -0.2) is 18.0 Å². The van der Waals surface area contributed by atoms with E-state index in [1.54, 1.807) is 12.1 Å². The molecule has 3 rings (SSSR count). The Bertz CT molecular complexity index is 523. The lowest BCUT2D eigenvalue weighted by Crippen LogP contribution is -2.43. The van der Waals surface area contributed by atoms with Crippen LogP contribution in [-0.2, 0) is 11.3 Å². The Kier molecular flexibility index (Phi) is 4.60. The number of benzene rings is 1. The van der Waals surface area contributed by atoms with Crippen molar-refractivity contribution in [2.24, 2.45) is 5.92 Å². The molecule has 5 heteroatoms. The molecule has 0 aromatic heterocycles. The fourth-order valence-electron chi connectivity index (χ4n) is 3.51. The van der Waals surface area contributed by atoms with Gasteiger partial charge in [0.1, 0.15) is 5.82 Å². The van der Waals surface area contributed by atoms with Crippen LogP contribution in [0.2, 0.25) is 0 Å². The normalized spacial score (nSPS) is 28.2. The molecule has 1 aromatic rings. The van der Waals surface area contributed by atoms with E-state index in [4.69, 9.17) is 0 Å². The topological polar surface area (TPSA) is 41.1 Å². The van der Waals surface area contributed by atoms with E-state index in [-0.39, 0.29) is 24.3 Å². The maximum atomic E-state index is 13.7. The molecule has 2 fully saturated rings. The van der Waals surface area contributed by atoms with Crippen molar-refractivity contribution in [1.82, 2.24) is 10.6 Å². The highest BCUT2D eigenvalue weighted by molar-refractivity contribution is 9.10. The van der Waals surface area contributed by atoms with E-state index in [1.165, 1.54) is 31.7 Å². The van der Waals surface area contributed by atoms with Gasteiger partial charge >= 0.3 is 0 Å². The van der Waals surface area contributed by atoms with Crippen molar-refractivity contribution in [2.75, 3.05) is 0 Å². The molecule has 2 aliphatic rings. The molecule has 0 bridgehead atoms. The van der Waals surface area contributed by atoms with Crippen LogP contribution < -0.4 is 10.6 Å². The zero-order chi connectivity index (χ0) is 14.8. The van der Waals surface area contributed by atoms with Crippen LogP contribution in [0.4, 0.5) is 4.39 Å². The van der Waals surface area contributed by atoms with Crippen LogP contribution in [0.15, 0.2) is 22.7 Å². The average molecular weight is 355 g/mol. The number of carbonyl (C=O) groups excluding carboxylic acids is 1. The van der Waals surface area contributed by atoms with Crippen molar-refractivity contribution in [3.8, 4) is 0 Å². The highest BCUT2D eigenvalue weighted by atomic mass is 79.9. The summed E-state index contributed by atoms with van der Waals surface area (Å²) in [5.74, 6) is 0.340. The lowest BCUT2D eigenvalue weighted by atomic mass is 9.85. The highest BCUT2D eigenvalue weighted by Crippen LogP contribution is 2.33. The van der Waals surface area contributed by atoms with Crippen LogP contribution in [0.1, 0.15) is 37.7 Å². The van der Waals surface area contributed by atoms with Gasteiger partial charge in [0.2, 0.25) is 5.91 Å². The number of hydrogen-bond acceptors (Lipinski definition) is 2. The van der Waals surface area contributed by atoms with Crippen LogP contribution >= 0.6 is 15.9 Å². The summed E-state index contributed by atoms with van der Waals surface area (Å²) in [6.45, 7) is 0.234. The second-order valence-corrected chi connectivity index (χ2v) is 6.98. The van der Waals surface area contributed by atoms with Gasteiger partial charge in [-0.3, -0.25) is 4.79 Å². The van der Waals surface area contributed by atoms with E-state index in [0.29, 0.717) is 17.5 Å². The molecule has 21 heavy (non-hydrogen) atoms. The van der Waals surface area contributed by atoms with E-state index in [9.17, 15) is 9.18 Å². The molecule has 2 N–H and O–H groups in total. The first kappa shape index (κ1) is 15.0. The summed E-state index contributed by atoms with van der Waals surface area (Å²) < 4.78 is 14.5. The number of carbonyl (C=O) groups is 1. The average Bonchev–Trinajstić information content (AvgIpc) is 2.92. The number of nitrogens with one attached hydrogen (secondary N) is 2. The first-order valence-electron chi connectivity index (χ1n) is 7.61. The number of fused-ring (bicyclic) bond motifs is 1. The van der Waals surface area contributed by atoms with Gasteiger partial charge in [0.05, 0.1) is 6.04 Å². The second-order valence-electron chi connectivity index (χ2n) is 6.06. The minimum Gasteiger partial charge on any atom is -0.351 e. The molecule has 0 radical (unpaired) electrons. The summed E-state index contributed by atoms with van der Waals surface area (Å²) in [7, 11) is 0. The number of rotatable bonds is 3. The molecule has 1 aliphatic carbocycles. The van der Waals surface area contributed by atoms with Crippen molar-refractivity contribution < 1.29 is 9.18 Å². The molecule has 3 atom stereocenters. The van der Waals surface area contributed by atoms with E-state index < -0.39 is 0 Å². The summed E-state index contributed by atoms with van der Waals surface area (Å²) in [6.07, 6.45) is 5.85. The van der Waals surface area contributed by atoms with Gasteiger partial charge in [-0.05, 0) is 43.4 Å². The monoisotopic (exact) mass is 354 g/mol. The Morgan fingerprint density at radius 3 is 3.00 bits per heavy atom. The molecule has 1 aliphatic heterocycles. The van der Waals surface area contributed by atoms with Crippen molar-refractivity contribution in [3.63, 3.8) is 0 Å². The van der Waals surface area contributed by atoms with Gasteiger partial charge in [-0.25, -0.2) is 4.39 Å². The van der Waals surface area contributed by atoms with E-state index in [2.05, 4.69) is 26.6 Å². The van der Waals surface area contributed by atoms with Crippen molar-refractivity contribution in [3.05, 3.63) is 34.1 Å². The van der Waals surface area contributed by atoms with Crippen molar-refractivity contribution in [1.29, 1.82) is 0 Å². The van der Waals surface area contributed by atoms with E-state index in [1.807, 2.05) is 0 Å². The Morgan fingerprint density at radius 2 is 2.19 bits per heavy atom. The van der Waals surface area contributed by atoms with Gasteiger partial charge in [0.25, 0.3) is 0 Å². The van der Waals surface area contributed by atoms with Crippen molar-refractivity contribution >= 4 is 21.8 Å². The number of halogens is 2. The third-order valence-electron chi connectivity index (χ3n) is 4.64. The van der Waals surface area contributed by atoms with Gasteiger partial charge < -0.3 is 10.6 Å². The van der Waals surface area contributed by atoms with Gasteiger partial charge in [-0.1, -0.05) is 28.8 Å². The second kappa shape index (κ2) is 6.44. The maximum absolute atomic E-state index is 13.7. The summed E-state index contributed by atoms with van der Waals surface area (Å²) in [5.41, 5.74) is 0.508. The summed E-state index contributed by atoms with van der Waals surface area (Å²) in [6, 6.07) is 5.15. The quantitative estimate of drug-likeness (QED) is 0.875. The highest BCUT2D eigenvalue weighted by Gasteiger charge is 2.37. The van der Waals surface area contributed by atoms with Crippen molar-refractivity contribution in [2.45, 2.75) is 50.7 Å². The van der Waals surface area contributed by atoms with Crippen LogP contribution in [0.3, 0.4) is 0 Å². The predicted octanol–water partition coefficient (Wildman–Crippen LogP) is 3.13. The molecular formula is C16H20BrFN2O. The third-order valence-corrected chi connectivity index (χ3v) is 5.13. The van der Waals surface area contributed by atoms with Gasteiger partial charge in [-0.2, -0.15) is 0 Å². The molecule has 1 amide bonds. The zero-order valence-electron chi connectivity index (χ0n) is 11.9. The Labute approximate surface area is 132 Å². The Hall–Kier alpha value is -0.940. The smallest absolute Gasteiger partial charge is 0.237 e. The lowest BCUT2D eigenvalue weighted by Gasteiger charge is -2.24. The molecule has 114 valence electrons. The van der Waals surface area contributed by atoms with Crippen LogP contribution in [0, 0.1) is 11.7 Å². The first-order chi connectivity index (χ1) is 10.1. The predicted molar refractivity (Wildman–Crippen MR) is 83.2 cm³/mol. The molecular weight excluding hydrogens is 335 g/mol. The van der Waals surface area contributed by atoms with Gasteiger partial charge in [0.15, 0.2) is 0 Å². The SMILES string of the molecule is O=C(NCc1cc(Br)ccc1F)C1CC2CCCCC2N1. The summed E-state index contributed by atoms with van der Waals surface area (Å²) in [4.78, 5) is 12.3. The number of amides is 1. The molecule has 1 aromatic carbocycles. The minimum atomic E-state index is -0.286. The van der Waals surface area contributed by atoms with Crippen LogP contribution in [0.5, 0.6) is 0 Å². The lowest BCUT2D eigenvalue weighted by molar-refractivity contribution is -0.123. The maximum Gasteiger partial charge on any atom is 0.237 e. The molecule has 1 saturated carbocycles. The molecule has 3 unspecified atom stereocenters. The first-order valence-corrected chi connectivity index (χ1v) is 8.40. The fourth-order valence-corrected chi connectivity index (χ4v) is 3.91. The zero-order valence-corrected chi connectivity index (χ0v) is 13.5. The molecule has 0 spiro atoms. The van der Waals surface area contributed by atoms with Gasteiger partial charge in [0, 0.05) is 22.6 Å². The minimum absolute atomic E-state index is 0.0104. The number of hydrogen-bond donors (Lipinski definition) is 2. The Balaban J connectivity index is 1.56. The summed E-state index contributed by atoms with van der Waals surface area (Å²) >= 11 is 3.32. The van der Waals surface area contributed by atoms with Crippen LogP contribution in [0.25, 0.3) is 0 Å². The third kappa shape index (κ3) is 3.46.